The normalized spacial score (nSPS) is 42.6. The molecule has 156 valence electrons. The molecule has 0 aromatic heterocycles. The number of hydrogen-bond acceptors (Lipinski definition) is 7. The highest BCUT2D eigenvalue weighted by atomic mass is 16.8. The summed E-state index contributed by atoms with van der Waals surface area (Å²) in [7, 11) is 1.62. The molecule has 5 aliphatic rings. The first kappa shape index (κ1) is 19.0. The number of rotatable bonds is 3. The van der Waals surface area contributed by atoms with Crippen molar-refractivity contribution >= 4 is 5.97 Å². The summed E-state index contributed by atoms with van der Waals surface area (Å²) in [6, 6.07) is 0. The minimum Gasteiger partial charge on any atom is -0.453 e. The molecule has 2 heterocycles. The third kappa shape index (κ3) is 2.86. The Kier molecular flexibility index (Phi) is 4.60. The predicted molar refractivity (Wildman–Crippen MR) is 97.4 cm³/mol. The molecule has 7 nitrogen and oxygen atoms in total. The summed E-state index contributed by atoms with van der Waals surface area (Å²) >= 11 is 0. The maximum Gasteiger partial charge on any atom is 0.333 e. The zero-order valence-corrected chi connectivity index (χ0v) is 16.7. The van der Waals surface area contributed by atoms with E-state index in [-0.39, 0.29) is 18.3 Å². The molecule has 0 aromatic carbocycles. The van der Waals surface area contributed by atoms with Crippen LogP contribution in [0.3, 0.4) is 0 Å². The van der Waals surface area contributed by atoms with Gasteiger partial charge in [0.15, 0.2) is 17.7 Å². The molecule has 0 aromatic rings. The Bertz CT molecular complexity index is 649. The number of fused-ring (bicyclic) bond motifs is 3. The van der Waals surface area contributed by atoms with Gasteiger partial charge in [0.2, 0.25) is 0 Å². The molecule has 3 saturated carbocycles. The van der Waals surface area contributed by atoms with Crippen LogP contribution < -0.4 is 0 Å². The molecule has 0 N–H and O–H groups in total. The van der Waals surface area contributed by atoms with Crippen LogP contribution in [0.5, 0.6) is 0 Å². The van der Waals surface area contributed by atoms with E-state index < -0.39 is 35.9 Å². The maximum atomic E-state index is 12.4. The van der Waals surface area contributed by atoms with Gasteiger partial charge >= 0.3 is 5.97 Å². The first-order valence-corrected chi connectivity index (χ1v) is 10.6. The van der Waals surface area contributed by atoms with Crippen LogP contribution in [-0.4, -0.2) is 61.3 Å². The fourth-order valence-electron chi connectivity index (χ4n) is 5.63. The van der Waals surface area contributed by atoms with Crippen LogP contribution in [0, 0.1) is 0 Å². The molecule has 2 aliphatic heterocycles. The second-order valence-electron chi connectivity index (χ2n) is 8.92. The van der Waals surface area contributed by atoms with Crippen molar-refractivity contribution in [3.8, 4) is 0 Å². The lowest BCUT2D eigenvalue weighted by atomic mass is 9.84. The van der Waals surface area contributed by atoms with E-state index in [1.807, 2.05) is 0 Å². The van der Waals surface area contributed by atoms with Gasteiger partial charge in [-0.1, -0.05) is 6.58 Å². The van der Waals surface area contributed by atoms with Crippen LogP contribution in [0.4, 0.5) is 0 Å². The standard InChI is InChI=1S/C21H30O7/c1-12(2)19(22)24-14-13(23-3)15-17(27-20(25-15)8-4-5-9-20)18-16(14)26-21(28-18)10-6-7-11-21/h13-18H,1,4-11H2,2-3H3. The van der Waals surface area contributed by atoms with Crippen molar-refractivity contribution in [3.05, 3.63) is 12.2 Å². The van der Waals surface area contributed by atoms with Crippen molar-refractivity contribution < 1.29 is 33.2 Å². The first-order chi connectivity index (χ1) is 13.5. The second kappa shape index (κ2) is 6.77. The van der Waals surface area contributed by atoms with Crippen LogP contribution in [0.25, 0.3) is 0 Å². The smallest absolute Gasteiger partial charge is 0.333 e. The minimum atomic E-state index is -0.624. The van der Waals surface area contributed by atoms with Gasteiger partial charge in [0, 0.05) is 38.4 Å². The summed E-state index contributed by atoms with van der Waals surface area (Å²) in [6.07, 6.45) is 5.23. The van der Waals surface area contributed by atoms with E-state index in [0.717, 1.165) is 51.4 Å². The largest absolute Gasteiger partial charge is 0.453 e. The highest BCUT2D eigenvalue weighted by molar-refractivity contribution is 5.87. The monoisotopic (exact) mass is 394 g/mol. The molecule has 5 rings (SSSR count). The maximum absolute atomic E-state index is 12.4. The Balaban J connectivity index is 1.48. The van der Waals surface area contributed by atoms with Gasteiger partial charge in [-0.25, -0.2) is 4.79 Å². The number of ether oxygens (including phenoxy) is 6. The molecular formula is C21H30O7. The minimum absolute atomic E-state index is 0.284. The van der Waals surface area contributed by atoms with Crippen LogP contribution >= 0.6 is 0 Å². The van der Waals surface area contributed by atoms with Gasteiger partial charge < -0.3 is 28.4 Å². The van der Waals surface area contributed by atoms with Gasteiger partial charge in [0.05, 0.1) is 0 Å². The third-order valence-electron chi connectivity index (χ3n) is 6.94. The van der Waals surface area contributed by atoms with Crippen molar-refractivity contribution in [2.24, 2.45) is 0 Å². The summed E-state index contributed by atoms with van der Waals surface area (Å²) in [5.74, 6) is -1.63. The Hall–Kier alpha value is -0.990. The zero-order chi connectivity index (χ0) is 19.5. The molecule has 0 radical (unpaired) electrons. The van der Waals surface area contributed by atoms with E-state index in [2.05, 4.69) is 6.58 Å². The van der Waals surface area contributed by atoms with Crippen LogP contribution in [0.15, 0.2) is 12.2 Å². The summed E-state index contributed by atoms with van der Waals surface area (Å²) in [5.41, 5.74) is 0.346. The Morgan fingerprint density at radius 1 is 0.821 bits per heavy atom. The Morgan fingerprint density at radius 2 is 1.25 bits per heavy atom. The van der Waals surface area contributed by atoms with Crippen molar-refractivity contribution in [2.45, 2.75) is 106 Å². The number of hydrogen-bond donors (Lipinski definition) is 0. The van der Waals surface area contributed by atoms with Gasteiger partial charge in [-0.2, -0.15) is 0 Å². The van der Waals surface area contributed by atoms with Gasteiger partial charge in [0.25, 0.3) is 0 Å². The lowest BCUT2D eigenvalue weighted by molar-refractivity contribution is -0.211. The van der Waals surface area contributed by atoms with Crippen molar-refractivity contribution in [2.75, 3.05) is 7.11 Å². The Morgan fingerprint density at radius 3 is 1.68 bits per heavy atom. The highest BCUT2D eigenvalue weighted by Crippen LogP contribution is 2.53. The lowest BCUT2D eigenvalue weighted by Crippen LogP contribution is -2.63. The van der Waals surface area contributed by atoms with Crippen molar-refractivity contribution in [3.63, 3.8) is 0 Å². The molecular weight excluding hydrogens is 364 g/mol. The van der Waals surface area contributed by atoms with Gasteiger partial charge in [-0.3, -0.25) is 0 Å². The molecule has 6 atom stereocenters. The zero-order valence-electron chi connectivity index (χ0n) is 16.7. The van der Waals surface area contributed by atoms with Gasteiger partial charge in [-0.15, -0.1) is 0 Å². The van der Waals surface area contributed by atoms with Crippen LogP contribution in [-0.2, 0) is 33.2 Å². The number of carbonyl (C=O) groups is 1. The van der Waals surface area contributed by atoms with E-state index in [4.69, 9.17) is 28.4 Å². The Labute approximate surface area is 165 Å². The number of esters is 1. The number of carbonyl (C=O) groups excluding carboxylic acids is 1. The second-order valence-corrected chi connectivity index (χ2v) is 8.92. The van der Waals surface area contributed by atoms with Crippen molar-refractivity contribution in [1.82, 2.24) is 0 Å². The fraction of sp³-hybridized carbons (Fsp3) is 0.857. The molecule has 0 amide bonds. The molecule has 3 aliphatic carbocycles. The van der Waals surface area contributed by atoms with Gasteiger partial charge in [0.1, 0.15) is 30.5 Å². The highest BCUT2D eigenvalue weighted by Gasteiger charge is 2.67. The van der Waals surface area contributed by atoms with E-state index in [0.29, 0.717) is 5.57 Å². The molecule has 2 saturated heterocycles. The van der Waals surface area contributed by atoms with Gasteiger partial charge in [-0.05, 0) is 32.6 Å². The van der Waals surface area contributed by atoms with E-state index in [1.165, 1.54) is 0 Å². The summed E-state index contributed by atoms with van der Waals surface area (Å²) in [4.78, 5) is 12.4. The summed E-state index contributed by atoms with van der Waals surface area (Å²) < 4.78 is 37.5. The molecule has 5 fully saturated rings. The molecule has 2 spiro atoms. The SMILES string of the molecule is C=C(C)C(=O)OC1C(OC)C2OC3(CCCC3)OC2C2OC3(CCCC3)OC12. The average Bonchev–Trinajstić information content (AvgIpc) is 3.44. The van der Waals surface area contributed by atoms with E-state index >= 15 is 0 Å². The first-order valence-electron chi connectivity index (χ1n) is 10.6. The number of methoxy groups -OCH3 is 1. The van der Waals surface area contributed by atoms with E-state index in [9.17, 15) is 4.79 Å². The van der Waals surface area contributed by atoms with Crippen molar-refractivity contribution in [1.29, 1.82) is 0 Å². The lowest BCUT2D eigenvalue weighted by Gasteiger charge is -2.41. The van der Waals surface area contributed by atoms with Crippen LogP contribution in [0.2, 0.25) is 0 Å². The molecule has 7 heteroatoms. The van der Waals surface area contributed by atoms with Crippen LogP contribution in [0.1, 0.15) is 58.3 Å². The third-order valence-corrected chi connectivity index (χ3v) is 6.94. The predicted octanol–water partition coefficient (Wildman–Crippen LogP) is 2.61. The molecule has 6 unspecified atom stereocenters. The summed E-state index contributed by atoms with van der Waals surface area (Å²) in [5, 5.41) is 0. The van der Waals surface area contributed by atoms with E-state index in [1.54, 1.807) is 14.0 Å². The molecule has 0 bridgehead atoms. The summed E-state index contributed by atoms with van der Waals surface area (Å²) in [6.45, 7) is 5.35. The topological polar surface area (TPSA) is 72.5 Å². The fourth-order valence-corrected chi connectivity index (χ4v) is 5.63. The quantitative estimate of drug-likeness (QED) is 0.538. The molecule has 28 heavy (non-hydrogen) atoms. The average molecular weight is 394 g/mol.